The Morgan fingerprint density at radius 3 is 0.750 bits per heavy atom. The lowest BCUT2D eigenvalue weighted by molar-refractivity contribution is 0.656. The average Bonchev–Trinajstić information content (AvgIpc) is 2.32. The highest BCUT2D eigenvalue weighted by Gasteiger charge is 1.80. The molecule has 0 bridgehead atoms. The zero-order valence-corrected chi connectivity index (χ0v) is 13.1. The van der Waals surface area contributed by atoms with Crippen molar-refractivity contribution in [1.29, 1.82) is 0 Å². The molecule has 0 aromatic rings. The molecule has 102 valence electrons. The fourth-order valence-corrected chi connectivity index (χ4v) is 1.03. The molecule has 0 heterocycles. The van der Waals surface area contributed by atoms with Crippen LogP contribution >= 0.6 is 0 Å². The third-order valence-corrected chi connectivity index (χ3v) is 2.41. The van der Waals surface area contributed by atoms with Crippen molar-refractivity contribution in [2.75, 3.05) is 0 Å². The van der Waals surface area contributed by atoms with Gasteiger partial charge in [-0.2, -0.15) is 0 Å². The molecule has 0 amide bonds. The SMILES string of the molecule is CCCC.CCCCC.CCCCCCC. The largest absolute Gasteiger partial charge is 0.0654 e. The van der Waals surface area contributed by atoms with Crippen molar-refractivity contribution in [2.45, 2.75) is 106 Å². The standard InChI is InChI=1S/C7H16.C5H12.C4H10/c1-3-5-7-6-4-2;1-3-5-4-2;1-3-4-2/h3-7H2,1-2H3;3-5H2,1-2H3;3-4H2,1-2H3. The molecule has 0 aliphatic carbocycles. The number of hydrogen-bond acceptors (Lipinski definition) is 0. The van der Waals surface area contributed by atoms with Crippen molar-refractivity contribution in [3.05, 3.63) is 0 Å². The van der Waals surface area contributed by atoms with Gasteiger partial charge in [0.15, 0.2) is 0 Å². The molecule has 0 nitrogen and oxygen atoms in total. The van der Waals surface area contributed by atoms with E-state index in [4.69, 9.17) is 0 Å². The highest BCUT2D eigenvalue weighted by atomic mass is 13.9. The number of rotatable bonds is 7. The van der Waals surface area contributed by atoms with Crippen LogP contribution in [0.1, 0.15) is 106 Å². The maximum absolute atomic E-state index is 2.25. The molecule has 16 heavy (non-hydrogen) atoms. The first-order valence-corrected chi connectivity index (χ1v) is 7.74. The van der Waals surface area contributed by atoms with Gasteiger partial charge < -0.3 is 0 Å². The van der Waals surface area contributed by atoms with Gasteiger partial charge in [-0.25, -0.2) is 0 Å². The topological polar surface area (TPSA) is 0 Å². The molecule has 0 N–H and O–H groups in total. The maximum Gasteiger partial charge on any atom is -0.0533 e. The molecule has 0 aliphatic rings. The third kappa shape index (κ3) is 48.3. The van der Waals surface area contributed by atoms with Crippen LogP contribution in [0.3, 0.4) is 0 Å². The Hall–Kier alpha value is 0. The van der Waals surface area contributed by atoms with Gasteiger partial charge in [-0.05, 0) is 0 Å². The van der Waals surface area contributed by atoms with Gasteiger partial charge in [0.2, 0.25) is 0 Å². The van der Waals surface area contributed by atoms with E-state index < -0.39 is 0 Å². The monoisotopic (exact) mass is 230 g/mol. The van der Waals surface area contributed by atoms with Gasteiger partial charge in [0.25, 0.3) is 0 Å². The summed E-state index contributed by atoms with van der Waals surface area (Å²) < 4.78 is 0. The molecule has 0 heteroatoms. The van der Waals surface area contributed by atoms with Gasteiger partial charge in [-0.15, -0.1) is 0 Å². The maximum atomic E-state index is 2.25. The summed E-state index contributed by atoms with van der Waals surface area (Å²) in [5, 5.41) is 0. The van der Waals surface area contributed by atoms with Crippen molar-refractivity contribution >= 4 is 0 Å². The molecule has 0 unspecified atom stereocenters. The molecule has 0 radical (unpaired) electrons. The second kappa shape index (κ2) is 29.4. The molecule has 0 aliphatic heterocycles. The first-order chi connectivity index (χ1) is 7.74. The molecule has 0 fully saturated rings. The molecular formula is C16H38. The minimum Gasteiger partial charge on any atom is -0.0654 e. The van der Waals surface area contributed by atoms with Gasteiger partial charge in [-0.3, -0.25) is 0 Å². The summed E-state index contributed by atoms with van der Waals surface area (Å²) in [4.78, 5) is 0. The predicted molar refractivity (Wildman–Crippen MR) is 80.2 cm³/mol. The average molecular weight is 230 g/mol. The number of unbranched alkanes of at least 4 members (excludes halogenated alkanes) is 7. The molecule has 0 spiro atoms. The summed E-state index contributed by atoms with van der Waals surface area (Å²) >= 11 is 0. The van der Waals surface area contributed by atoms with E-state index >= 15 is 0 Å². The van der Waals surface area contributed by atoms with Gasteiger partial charge >= 0.3 is 0 Å². The Kier molecular flexibility index (Phi) is 39.1. The molecule has 0 aromatic carbocycles. The van der Waals surface area contributed by atoms with E-state index in [1.54, 1.807) is 0 Å². The van der Waals surface area contributed by atoms with E-state index in [-0.39, 0.29) is 0 Å². The molecule has 0 saturated heterocycles. The van der Waals surface area contributed by atoms with Crippen molar-refractivity contribution in [1.82, 2.24) is 0 Å². The lowest BCUT2D eigenvalue weighted by Crippen LogP contribution is -1.70. The van der Waals surface area contributed by atoms with E-state index in [0.29, 0.717) is 0 Å². The first kappa shape index (κ1) is 21.3. The van der Waals surface area contributed by atoms with Crippen molar-refractivity contribution < 1.29 is 0 Å². The Bertz CT molecular complexity index is 58.4. The summed E-state index contributed by atoms with van der Waals surface area (Å²) in [6.07, 6.45) is 13.7. The van der Waals surface area contributed by atoms with Crippen LogP contribution < -0.4 is 0 Å². The fraction of sp³-hybridized carbons (Fsp3) is 1.00. The van der Waals surface area contributed by atoms with Gasteiger partial charge in [0.05, 0.1) is 0 Å². The smallest absolute Gasteiger partial charge is 0.0533 e. The predicted octanol–water partition coefficient (Wildman–Crippen LogP) is 6.98. The second-order valence-corrected chi connectivity index (χ2v) is 4.41. The third-order valence-electron chi connectivity index (χ3n) is 2.41. The van der Waals surface area contributed by atoms with E-state index in [9.17, 15) is 0 Å². The molecular weight excluding hydrogens is 192 g/mol. The number of hydrogen-bond donors (Lipinski definition) is 0. The van der Waals surface area contributed by atoms with Gasteiger partial charge in [0, 0.05) is 0 Å². The van der Waals surface area contributed by atoms with Crippen LogP contribution in [0, 0.1) is 0 Å². The molecule has 0 saturated carbocycles. The quantitative estimate of drug-likeness (QED) is 0.414. The summed E-state index contributed by atoms with van der Waals surface area (Å²) in [5.74, 6) is 0. The Morgan fingerprint density at radius 1 is 0.312 bits per heavy atom. The summed E-state index contributed by atoms with van der Waals surface area (Å²) in [6, 6.07) is 0. The zero-order chi connectivity index (χ0) is 13.1. The Labute approximate surface area is 106 Å². The normalized spacial score (nSPS) is 8.62. The van der Waals surface area contributed by atoms with Crippen LogP contribution in [0.5, 0.6) is 0 Å². The van der Waals surface area contributed by atoms with E-state index in [0.717, 1.165) is 0 Å². The van der Waals surface area contributed by atoms with E-state index in [2.05, 4.69) is 41.5 Å². The van der Waals surface area contributed by atoms with Gasteiger partial charge in [-0.1, -0.05) is 106 Å². The lowest BCUT2D eigenvalue weighted by atomic mass is 10.2. The minimum absolute atomic E-state index is 1.32. The zero-order valence-electron chi connectivity index (χ0n) is 13.1. The lowest BCUT2D eigenvalue weighted by Gasteiger charge is -1.90. The van der Waals surface area contributed by atoms with Crippen molar-refractivity contribution in [3.63, 3.8) is 0 Å². The van der Waals surface area contributed by atoms with E-state index in [1.807, 2.05) is 0 Å². The Morgan fingerprint density at radius 2 is 0.625 bits per heavy atom. The van der Waals surface area contributed by atoms with Crippen LogP contribution in [-0.2, 0) is 0 Å². The van der Waals surface area contributed by atoms with Gasteiger partial charge in [0.1, 0.15) is 0 Å². The van der Waals surface area contributed by atoms with Crippen LogP contribution in [0.2, 0.25) is 0 Å². The highest BCUT2D eigenvalue weighted by molar-refractivity contribution is 4.35. The van der Waals surface area contributed by atoms with Crippen LogP contribution in [0.4, 0.5) is 0 Å². The Balaban J connectivity index is -0.000000166. The minimum atomic E-state index is 1.32. The van der Waals surface area contributed by atoms with Crippen LogP contribution in [0.25, 0.3) is 0 Å². The second-order valence-electron chi connectivity index (χ2n) is 4.41. The molecule has 0 aromatic heterocycles. The molecule has 0 atom stereocenters. The fourth-order valence-electron chi connectivity index (χ4n) is 1.03. The van der Waals surface area contributed by atoms with E-state index in [1.165, 1.54) is 64.2 Å². The summed E-state index contributed by atoms with van der Waals surface area (Å²) in [6.45, 7) is 13.3. The van der Waals surface area contributed by atoms with Crippen molar-refractivity contribution in [3.8, 4) is 0 Å². The highest BCUT2D eigenvalue weighted by Crippen LogP contribution is 2.00. The summed E-state index contributed by atoms with van der Waals surface area (Å²) in [5.41, 5.74) is 0. The molecule has 0 rings (SSSR count). The van der Waals surface area contributed by atoms with Crippen molar-refractivity contribution in [2.24, 2.45) is 0 Å². The van der Waals surface area contributed by atoms with Crippen LogP contribution in [-0.4, -0.2) is 0 Å². The summed E-state index contributed by atoms with van der Waals surface area (Å²) in [7, 11) is 0. The van der Waals surface area contributed by atoms with Crippen LogP contribution in [0.15, 0.2) is 0 Å². The first-order valence-electron chi connectivity index (χ1n) is 7.74.